The Morgan fingerprint density at radius 2 is 0.986 bits per heavy atom. The summed E-state index contributed by atoms with van der Waals surface area (Å²) < 4.78 is 0. The van der Waals surface area contributed by atoms with Crippen molar-refractivity contribution in [2.75, 3.05) is 62.5 Å². The Bertz CT molecular complexity index is 5270. The van der Waals surface area contributed by atoms with Crippen LogP contribution in [0.2, 0.25) is 0 Å². The number of aromatic hydroxyl groups is 1. The average Bonchev–Trinajstić information content (AvgIpc) is 1.63. The molecular weight excluding hydrogens is 1950 g/mol. The molecule has 148 heavy (non-hydrogen) atoms. The van der Waals surface area contributed by atoms with E-state index >= 15 is 57.5 Å². The third-order valence-corrected chi connectivity index (χ3v) is 27.8. The summed E-state index contributed by atoms with van der Waals surface area (Å²) in [5.41, 5.74) is 28.6. The van der Waals surface area contributed by atoms with Crippen LogP contribution in [0.4, 0.5) is 0 Å². The van der Waals surface area contributed by atoms with E-state index in [0.29, 0.717) is 11.1 Å². The number of carbonyl (C=O) groups excluding carboxylic acids is 16. The number of carboxylic acid groups (broad SMARTS) is 1. The smallest absolute Gasteiger partial charge is 0.305 e. The van der Waals surface area contributed by atoms with Crippen LogP contribution >= 0.6 is 23.5 Å². The van der Waals surface area contributed by atoms with Crippen LogP contribution in [0.25, 0.3) is 11.1 Å². The predicted octanol–water partition coefficient (Wildman–Crippen LogP) is -2.88. The highest BCUT2D eigenvalue weighted by Gasteiger charge is 2.49. The molecule has 3 aliphatic rings. The van der Waals surface area contributed by atoms with E-state index in [-0.39, 0.29) is 157 Å². The lowest BCUT2D eigenvalue weighted by Crippen LogP contribution is -2.66. The van der Waals surface area contributed by atoms with Crippen molar-refractivity contribution >= 4 is 148 Å². The normalized spacial score (nSPS) is 22.5. The summed E-state index contributed by atoms with van der Waals surface area (Å²) in [6.45, 7) is 10.6. The van der Waals surface area contributed by atoms with Crippen LogP contribution in [0.5, 0.6) is 5.75 Å². The van der Waals surface area contributed by atoms with Gasteiger partial charge in [0.1, 0.15) is 95.9 Å². The van der Waals surface area contributed by atoms with Crippen molar-refractivity contribution in [2.45, 2.75) is 254 Å². The van der Waals surface area contributed by atoms with Crippen LogP contribution in [-0.2, 0) is 94.3 Å². The molecule has 3 heterocycles. The SMILES string of the molecule is CC[C@H](C)[C@@H]1NC(=O)[C@H](Cc2ccc(-c3ccccc3)cc2)NC(=O)[C@H](CC(C)C)NC(=O)[C@@H]2[C@@H](c3ccccc3)CCN2C(=O)[C@H](NC(=O)[C@@H](CCCNC(=N)N)NC(=O)[C@@H](CCCNC(=N)N)NC(C)=O)CSCSC[C@@H](C(=O)N[C@H](CCCNC(=N)N)C(=O)N[C@H](CCCNC(=N)N)C(N)=O)NC(=O)[C@H](C(C)C)NC(=O)[C@@H]2CCCN2C(=O)[C@H](CC(=O)O)NC(=O)[C@H](Cc2ccc(O)cc2)NC(=O)[C@@](C)(CO)NC1=O. The lowest BCUT2D eigenvalue weighted by Gasteiger charge is -2.34. The van der Waals surface area contributed by atoms with Crippen LogP contribution in [-0.4, -0.2) is 302 Å². The number of aliphatic carboxylic acids is 1. The summed E-state index contributed by atoms with van der Waals surface area (Å²) in [6, 6.07) is 7.78. The fourth-order valence-electron chi connectivity index (χ4n) is 17.1. The Kier molecular flexibility index (Phi) is 48.7. The number of fused-ring (bicyclic) bond motifs is 2. The van der Waals surface area contributed by atoms with Crippen molar-refractivity contribution < 1.29 is 96.8 Å². The number of aliphatic hydroxyl groups excluding tert-OH is 1. The molecule has 17 atom stereocenters. The number of aliphatic hydroxyl groups is 1. The van der Waals surface area contributed by atoms with Gasteiger partial charge in [-0.25, -0.2) is 0 Å². The van der Waals surface area contributed by atoms with Crippen LogP contribution in [0, 0.1) is 39.4 Å². The number of hydrogen-bond acceptors (Lipinski definition) is 25. The number of hydrogen-bond donors (Lipinski definition) is 29. The number of amides is 16. The lowest BCUT2D eigenvalue weighted by molar-refractivity contribution is -0.146. The fourth-order valence-corrected chi connectivity index (χ4v) is 19.3. The second-order valence-corrected chi connectivity index (χ2v) is 40.3. The molecule has 3 fully saturated rings. The van der Waals surface area contributed by atoms with Gasteiger partial charge in [0, 0.05) is 81.5 Å². The highest BCUT2D eigenvalue weighted by atomic mass is 32.2. The number of nitrogens with zero attached hydrogens (tertiary/aromatic N) is 2. The van der Waals surface area contributed by atoms with E-state index in [2.05, 4.69) is 90.4 Å². The highest BCUT2D eigenvalue weighted by molar-refractivity contribution is 8.16. The van der Waals surface area contributed by atoms with Gasteiger partial charge in [0.15, 0.2) is 23.8 Å². The number of nitrogens with two attached hydrogens (primary N) is 5. The fraction of sp³-hybridized carbons (Fsp3) is 0.541. The number of phenolic OH excluding ortho intramolecular Hbond substituents is 1. The van der Waals surface area contributed by atoms with Gasteiger partial charge in [0.05, 0.1) is 13.0 Å². The van der Waals surface area contributed by atoms with Gasteiger partial charge in [-0.3, -0.25) is 103 Å². The first-order valence-electron chi connectivity index (χ1n) is 49.3. The molecule has 50 heteroatoms. The second-order valence-electron chi connectivity index (χ2n) is 37.9. The quantitative estimate of drug-likeness (QED) is 0.0121. The Morgan fingerprint density at radius 1 is 0.507 bits per heavy atom. The van der Waals surface area contributed by atoms with Gasteiger partial charge in [-0.2, -0.15) is 0 Å². The first-order chi connectivity index (χ1) is 70.2. The molecule has 16 amide bonds. The molecule has 48 nitrogen and oxygen atoms in total. The zero-order chi connectivity index (χ0) is 109. The van der Waals surface area contributed by atoms with Gasteiger partial charge in [0.2, 0.25) is 94.5 Å². The van der Waals surface area contributed by atoms with Gasteiger partial charge in [0.25, 0.3) is 0 Å². The number of phenols is 1. The van der Waals surface area contributed by atoms with E-state index in [9.17, 15) is 39.3 Å². The molecule has 4 aromatic rings. The van der Waals surface area contributed by atoms with E-state index < -0.39 is 257 Å². The Labute approximate surface area is 867 Å². The van der Waals surface area contributed by atoms with Crippen molar-refractivity contribution in [1.82, 2.24) is 100 Å². The first-order valence-corrected chi connectivity index (χ1v) is 51.6. The maximum atomic E-state index is 16.4. The number of carboxylic acids is 1. The van der Waals surface area contributed by atoms with Gasteiger partial charge >= 0.3 is 5.97 Å². The van der Waals surface area contributed by atoms with E-state index in [1.807, 2.05) is 30.3 Å². The zero-order valence-corrected chi connectivity index (χ0v) is 86.2. The minimum absolute atomic E-state index is 0.0147. The van der Waals surface area contributed by atoms with E-state index in [1.165, 1.54) is 43.0 Å². The third kappa shape index (κ3) is 38.7. The number of nitrogens with one attached hydrogen (secondary N) is 21. The molecule has 34 N–H and O–H groups in total. The number of benzene rings is 4. The maximum absolute atomic E-state index is 16.4. The summed E-state index contributed by atoms with van der Waals surface area (Å²) in [5, 5.41) is 108. The van der Waals surface area contributed by atoms with Crippen molar-refractivity contribution in [3.63, 3.8) is 0 Å². The summed E-state index contributed by atoms with van der Waals surface area (Å²) in [5.74, 6) is -23.1. The van der Waals surface area contributed by atoms with Crippen molar-refractivity contribution in [3.8, 4) is 16.9 Å². The molecule has 7 rings (SSSR count). The van der Waals surface area contributed by atoms with Crippen LogP contribution in [0.3, 0.4) is 0 Å². The Balaban J connectivity index is 1.42. The molecule has 0 radical (unpaired) electrons. The zero-order valence-electron chi connectivity index (χ0n) is 84.5. The van der Waals surface area contributed by atoms with Gasteiger partial charge in [-0.05, 0) is 142 Å². The van der Waals surface area contributed by atoms with E-state index in [4.69, 9.17) is 50.3 Å². The Morgan fingerprint density at radius 3 is 1.51 bits per heavy atom. The second kappa shape index (κ2) is 59.9. The molecule has 4 aromatic carbocycles. The summed E-state index contributed by atoms with van der Waals surface area (Å²) in [6.07, 6.45) is -2.02. The Hall–Kier alpha value is -14.6. The molecule has 810 valence electrons. The number of carbonyl (C=O) groups is 17. The molecule has 0 aliphatic carbocycles. The standard InChI is InChI=1S/C98H146N28O20S2/c1-9-55(6)77-89(142)124-98(8,51-127)93(146)121-70(47-58-32-36-62(129)37-33-58)84(137)118-71(48-75(130)131)91(144)125-43-20-29-74(125)87(140)122-76(54(4)5)88(141)119-72(86(139)115-66(27-18-41-110-96(104)105)81(134)113-64(79(99)132)25-16-39-108-94(100)101)49-147-52-148-50-73(120-82(135)67(28-19-42-111-97(106)107)114-80(133)65(112-56(7)128)26-17-40-109-95(102)103)92(145)126-44-38-63(61-23-14-11-15-24-61)78(126)90(143)117-68(45-53(2)3)83(136)116-69(85(138)123-77)46-57-30-34-60(35-31-57)59-21-12-10-13-22-59/h10-15,21-24,30-37,53-55,63-74,76-78,127,129H,9,16-20,25-29,38-52H2,1-8H3,(H2,99,132)(H,112,128)(H,113,134)(H,114,133)(H,115,139)(H,116,136)(H,117,143)(H,118,137)(H,119,141)(H,120,135)(H,121,146)(H,122,140)(H,123,138)(H,124,142)(H,130,131)(H4,100,101,108)(H4,102,103,109)(H4,104,105,110)(H4,106,107,111)/t55-,63+,64+,65+,66+,67+,68-,69-,70-,71-,72-,73+,74-,76-,77-,78-,98+/m0/s1. The highest BCUT2D eigenvalue weighted by Crippen LogP contribution is 2.36. The topological polar surface area (TPSA) is 787 Å². The van der Waals surface area contributed by atoms with Crippen molar-refractivity contribution in [2.24, 2.45) is 46.4 Å². The van der Waals surface area contributed by atoms with Gasteiger partial charge < -0.3 is 144 Å². The van der Waals surface area contributed by atoms with Crippen molar-refractivity contribution in [1.29, 1.82) is 21.6 Å². The number of primary amides is 1. The predicted molar refractivity (Wildman–Crippen MR) is 555 cm³/mol. The minimum atomic E-state index is -2.42. The molecule has 0 bridgehead atoms. The lowest BCUT2D eigenvalue weighted by atomic mass is 9.90. The number of rotatable bonds is 40. The molecular formula is C98H146N28O20S2. The van der Waals surface area contributed by atoms with Gasteiger partial charge in [-0.1, -0.05) is 145 Å². The average molecular weight is 2100 g/mol. The maximum Gasteiger partial charge on any atom is 0.305 e. The van der Waals surface area contributed by atoms with E-state index in [1.54, 1.807) is 82.3 Å². The molecule has 3 aliphatic heterocycles. The van der Waals surface area contributed by atoms with Gasteiger partial charge in [-0.15, -0.1) is 23.5 Å². The van der Waals surface area contributed by atoms with Crippen LogP contribution in [0.1, 0.15) is 168 Å². The monoisotopic (exact) mass is 2100 g/mol. The molecule has 3 saturated heterocycles. The summed E-state index contributed by atoms with van der Waals surface area (Å²) >= 11 is 1.93. The summed E-state index contributed by atoms with van der Waals surface area (Å²) in [7, 11) is 0. The minimum Gasteiger partial charge on any atom is -0.508 e. The molecule has 0 unspecified atom stereocenters. The first kappa shape index (κ1) is 120. The largest absolute Gasteiger partial charge is 0.508 e. The van der Waals surface area contributed by atoms with Crippen LogP contribution < -0.4 is 119 Å². The molecule has 0 saturated carbocycles. The van der Waals surface area contributed by atoms with Crippen LogP contribution in [0.15, 0.2) is 109 Å². The van der Waals surface area contributed by atoms with E-state index in [0.717, 1.165) is 53.4 Å². The molecule has 0 spiro atoms. The molecule has 0 aromatic heterocycles. The number of thioether (sulfide) groups is 2. The number of guanidine groups is 4. The van der Waals surface area contributed by atoms with Crippen molar-refractivity contribution in [3.05, 3.63) is 126 Å². The summed E-state index contributed by atoms with van der Waals surface area (Å²) in [4.78, 5) is 256. The third-order valence-electron chi connectivity index (χ3n) is 25.3.